The summed E-state index contributed by atoms with van der Waals surface area (Å²) in [6.07, 6.45) is 22.7. The van der Waals surface area contributed by atoms with Gasteiger partial charge in [0.1, 0.15) is 11.5 Å². The lowest BCUT2D eigenvalue weighted by Crippen LogP contribution is -2.18. The van der Waals surface area contributed by atoms with Crippen LogP contribution < -0.4 is 0 Å². The van der Waals surface area contributed by atoms with E-state index in [2.05, 4.69) is 107 Å². The van der Waals surface area contributed by atoms with Crippen LogP contribution in [0.5, 0.6) is 11.5 Å². The Bertz CT molecular complexity index is 1130. The average Bonchev–Trinajstić information content (AvgIpc) is 2.82. The number of rotatable bonds is 8. The summed E-state index contributed by atoms with van der Waals surface area (Å²) >= 11 is 0. The van der Waals surface area contributed by atoms with Gasteiger partial charge in [-0.1, -0.05) is 111 Å². The lowest BCUT2D eigenvalue weighted by Gasteiger charge is -2.30. The molecule has 0 saturated carbocycles. The molecule has 0 amide bonds. The third kappa shape index (κ3) is 5.69. The first-order chi connectivity index (χ1) is 17.1. The Morgan fingerprint density at radius 1 is 0.722 bits per heavy atom. The van der Waals surface area contributed by atoms with Gasteiger partial charge in [-0.25, -0.2) is 0 Å². The van der Waals surface area contributed by atoms with Crippen LogP contribution in [0.2, 0.25) is 0 Å². The first kappa shape index (κ1) is 26.1. The zero-order chi connectivity index (χ0) is 25.9. The fraction of sp³-hybridized carbons (Fsp3) is 0.412. The number of benzene rings is 2. The molecule has 0 fully saturated rings. The first-order valence-electron chi connectivity index (χ1n) is 13.5. The minimum Gasteiger partial charge on any atom is -0.507 e. The summed E-state index contributed by atoms with van der Waals surface area (Å²) in [5.41, 5.74) is 6.14. The Morgan fingerprint density at radius 3 is 1.53 bits per heavy atom. The third-order valence-corrected chi connectivity index (χ3v) is 7.90. The highest BCUT2D eigenvalue weighted by atomic mass is 16.3. The molecule has 0 aromatic heterocycles. The molecule has 190 valence electrons. The van der Waals surface area contributed by atoms with Gasteiger partial charge in [-0.2, -0.15) is 0 Å². The van der Waals surface area contributed by atoms with Crippen molar-refractivity contribution in [1.82, 2.24) is 0 Å². The highest BCUT2D eigenvalue weighted by Crippen LogP contribution is 2.45. The molecule has 0 spiro atoms. The van der Waals surface area contributed by atoms with Crippen LogP contribution in [-0.4, -0.2) is 10.2 Å². The molecule has 2 unspecified atom stereocenters. The number of phenols is 2. The molecule has 0 heterocycles. The van der Waals surface area contributed by atoms with E-state index in [-0.39, 0.29) is 16.7 Å². The smallest absolute Gasteiger partial charge is 0.122 e. The molecule has 2 aliphatic carbocycles. The van der Waals surface area contributed by atoms with Gasteiger partial charge in [-0.15, -0.1) is 0 Å². The van der Waals surface area contributed by atoms with Crippen LogP contribution in [0.4, 0.5) is 0 Å². The van der Waals surface area contributed by atoms with E-state index in [0.29, 0.717) is 11.5 Å². The number of allylic oxidation sites excluding steroid dienone is 8. The molecule has 2 N–H and O–H groups in total. The summed E-state index contributed by atoms with van der Waals surface area (Å²) in [7, 11) is 0. The summed E-state index contributed by atoms with van der Waals surface area (Å²) in [6, 6.07) is 8.50. The van der Waals surface area contributed by atoms with Crippen molar-refractivity contribution in [3.05, 3.63) is 106 Å². The second-order valence-corrected chi connectivity index (χ2v) is 11.7. The second-order valence-electron chi connectivity index (χ2n) is 11.7. The van der Waals surface area contributed by atoms with Gasteiger partial charge in [0, 0.05) is 17.0 Å². The van der Waals surface area contributed by atoms with Crippen LogP contribution in [0.1, 0.15) is 85.8 Å². The van der Waals surface area contributed by atoms with Gasteiger partial charge in [0.15, 0.2) is 0 Å². The Morgan fingerprint density at radius 2 is 1.17 bits per heavy atom. The predicted octanol–water partition coefficient (Wildman–Crippen LogP) is 8.78. The van der Waals surface area contributed by atoms with Crippen LogP contribution in [0.15, 0.2) is 72.9 Å². The normalized spacial score (nSPS) is 23.8. The molecule has 0 bridgehead atoms. The van der Waals surface area contributed by atoms with Gasteiger partial charge in [0.25, 0.3) is 0 Å². The zero-order valence-electron chi connectivity index (χ0n) is 22.6. The monoisotopic (exact) mass is 482 g/mol. The van der Waals surface area contributed by atoms with Crippen LogP contribution in [0.3, 0.4) is 0 Å². The molecule has 2 aromatic rings. The van der Waals surface area contributed by atoms with Crippen molar-refractivity contribution in [2.75, 3.05) is 0 Å². The van der Waals surface area contributed by atoms with E-state index >= 15 is 0 Å². The van der Waals surface area contributed by atoms with Crippen LogP contribution in [0, 0.1) is 24.7 Å². The summed E-state index contributed by atoms with van der Waals surface area (Å²) in [6.45, 7) is 10.9. The molecule has 2 aromatic carbocycles. The Labute approximate surface area is 217 Å². The van der Waals surface area contributed by atoms with E-state index in [4.69, 9.17) is 0 Å². The maximum absolute atomic E-state index is 11.6. The van der Waals surface area contributed by atoms with E-state index in [9.17, 15) is 10.2 Å². The molecule has 2 aliphatic rings. The Kier molecular flexibility index (Phi) is 7.64. The highest BCUT2D eigenvalue weighted by molar-refractivity contribution is 5.54. The molecular weight excluding hydrogens is 440 g/mol. The van der Waals surface area contributed by atoms with E-state index in [1.165, 1.54) is 0 Å². The summed E-state index contributed by atoms with van der Waals surface area (Å²) in [5.74, 6) is 0.715. The van der Waals surface area contributed by atoms with E-state index in [0.717, 1.165) is 71.9 Å². The first-order valence-corrected chi connectivity index (χ1v) is 13.5. The summed E-state index contributed by atoms with van der Waals surface area (Å²) < 4.78 is 0. The SMILES string of the molecule is CCCC(c1cc(C)cc(CC2(C)C=CC=CC2)c1O)c1cc(C)cc(CC2(C)C=CC=CC2)c1O. The molecule has 2 atom stereocenters. The van der Waals surface area contributed by atoms with Crippen molar-refractivity contribution < 1.29 is 10.2 Å². The van der Waals surface area contributed by atoms with Crippen LogP contribution in [0.25, 0.3) is 0 Å². The minimum absolute atomic E-state index is 0.00635. The number of aromatic hydroxyl groups is 2. The van der Waals surface area contributed by atoms with Crippen molar-refractivity contribution in [2.24, 2.45) is 10.8 Å². The summed E-state index contributed by atoms with van der Waals surface area (Å²) in [4.78, 5) is 0. The van der Waals surface area contributed by atoms with Gasteiger partial charge >= 0.3 is 0 Å². The number of hydrogen-bond donors (Lipinski definition) is 2. The fourth-order valence-corrected chi connectivity index (χ4v) is 6.01. The van der Waals surface area contributed by atoms with E-state index < -0.39 is 0 Å². The minimum atomic E-state index is -0.0588. The molecule has 36 heavy (non-hydrogen) atoms. The lowest BCUT2D eigenvalue weighted by molar-refractivity contribution is 0.398. The van der Waals surface area contributed by atoms with E-state index in [1.807, 2.05) is 0 Å². The number of hydrogen-bond acceptors (Lipinski definition) is 2. The maximum Gasteiger partial charge on any atom is 0.122 e. The van der Waals surface area contributed by atoms with Gasteiger partial charge in [0.2, 0.25) is 0 Å². The number of phenolic OH excluding ortho intramolecular Hbond substituents is 2. The van der Waals surface area contributed by atoms with Crippen LogP contribution in [-0.2, 0) is 12.8 Å². The Hall–Kier alpha value is -3.00. The quantitative estimate of drug-likeness (QED) is 0.395. The largest absolute Gasteiger partial charge is 0.507 e. The number of aryl methyl sites for hydroxylation is 2. The molecule has 4 rings (SSSR count). The predicted molar refractivity (Wildman–Crippen MR) is 152 cm³/mol. The van der Waals surface area contributed by atoms with Crippen molar-refractivity contribution in [3.63, 3.8) is 0 Å². The summed E-state index contributed by atoms with van der Waals surface area (Å²) in [5, 5.41) is 23.2. The molecule has 2 nitrogen and oxygen atoms in total. The third-order valence-electron chi connectivity index (χ3n) is 7.90. The van der Waals surface area contributed by atoms with Crippen molar-refractivity contribution in [1.29, 1.82) is 0 Å². The molecule has 0 radical (unpaired) electrons. The van der Waals surface area contributed by atoms with Crippen molar-refractivity contribution in [2.45, 2.75) is 79.1 Å². The topological polar surface area (TPSA) is 40.5 Å². The molecule has 2 heteroatoms. The van der Waals surface area contributed by atoms with Crippen molar-refractivity contribution >= 4 is 0 Å². The van der Waals surface area contributed by atoms with Gasteiger partial charge in [-0.3, -0.25) is 0 Å². The lowest BCUT2D eigenvalue weighted by atomic mass is 9.75. The zero-order valence-corrected chi connectivity index (χ0v) is 22.6. The molecule has 0 saturated heterocycles. The molecule has 0 aliphatic heterocycles. The molecular formula is C34H42O2. The highest BCUT2D eigenvalue weighted by Gasteiger charge is 2.29. The van der Waals surface area contributed by atoms with Gasteiger partial charge < -0.3 is 10.2 Å². The fourth-order valence-electron chi connectivity index (χ4n) is 6.01. The van der Waals surface area contributed by atoms with Crippen LogP contribution >= 0.6 is 0 Å². The maximum atomic E-state index is 11.6. The van der Waals surface area contributed by atoms with Crippen molar-refractivity contribution in [3.8, 4) is 11.5 Å². The van der Waals surface area contributed by atoms with Gasteiger partial charge in [-0.05, 0) is 67.9 Å². The standard InChI is InChI=1S/C34H42O2/c1-6-13-28(29-20-24(2)18-26(31(29)35)22-33(4)14-9-7-10-15-33)30-21-25(3)19-27(32(30)36)23-34(5)16-11-8-12-17-34/h7-12,14,16,18-21,28,35-36H,6,13,15,17,22-23H2,1-5H3. The Balaban J connectivity index is 1.76. The van der Waals surface area contributed by atoms with Gasteiger partial charge in [0.05, 0.1) is 0 Å². The second kappa shape index (κ2) is 10.5. The van der Waals surface area contributed by atoms with E-state index in [1.54, 1.807) is 0 Å². The average molecular weight is 483 g/mol.